The molecule has 1 heterocycles. The van der Waals surface area contributed by atoms with Crippen LogP contribution < -0.4 is 5.32 Å². The van der Waals surface area contributed by atoms with E-state index in [1.807, 2.05) is 69.3 Å². The van der Waals surface area contributed by atoms with Crippen molar-refractivity contribution in [1.29, 1.82) is 0 Å². The van der Waals surface area contributed by atoms with Crippen molar-refractivity contribution < 1.29 is 9.21 Å². The number of oxazole rings is 1. The van der Waals surface area contributed by atoms with E-state index in [0.29, 0.717) is 11.5 Å². The van der Waals surface area contributed by atoms with Crippen LogP contribution >= 0.6 is 22.6 Å². The molecule has 0 aliphatic rings. The van der Waals surface area contributed by atoms with Crippen LogP contribution in [0.25, 0.3) is 22.6 Å². The Labute approximate surface area is 177 Å². The number of amides is 1. The maximum atomic E-state index is 12.6. The van der Waals surface area contributed by atoms with Crippen LogP contribution in [0.5, 0.6) is 0 Å². The molecule has 3 aromatic carbocycles. The first kappa shape index (κ1) is 18.7. The molecule has 140 valence electrons. The third-order valence-corrected chi connectivity index (χ3v) is 5.39. The van der Waals surface area contributed by atoms with Crippen molar-refractivity contribution in [2.45, 2.75) is 20.8 Å². The summed E-state index contributed by atoms with van der Waals surface area (Å²) in [6.45, 7) is 6.04. The van der Waals surface area contributed by atoms with Gasteiger partial charge in [0.25, 0.3) is 5.91 Å². The molecular weight excluding hydrogens is 463 g/mol. The zero-order chi connectivity index (χ0) is 19.8. The quantitative estimate of drug-likeness (QED) is 0.350. The summed E-state index contributed by atoms with van der Waals surface area (Å²) >= 11 is 2.20. The van der Waals surface area contributed by atoms with Crippen LogP contribution in [0.3, 0.4) is 0 Å². The topological polar surface area (TPSA) is 55.1 Å². The number of anilines is 1. The van der Waals surface area contributed by atoms with Gasteiger partial charge >= 0.3 is 0 Å². The molecule has 4 rings (SSSR count). The van der Waals surface area contributed by atoms with E-state index in [2.05, 4.69) is 39.0 Å². The first-order valence-electron chi connectivity index (χ1n) is 8.97. The first-order valence-corrected chi connectivity index (χ1v) is 10.0. The Morgan fingerprint density at radius 2 is 1.82 bits per heavy atom. The standard InChI is InChI=1S/C23H19IN2O2/c1-13-10-14(2)21-20(11-13)26-23(28-21)18-8-5-9-19(15(18)3)25-22(27)16-6-4-7-17(24)12-16/h4-12H,1-3H3,(H,25,27). The number of rotatable bonds is 3. The minimum absolute atomic E-state index is 0.136. The third kappa shape index (κ3) is 3.54. The number of carbonyl (C=O) groups excluding carboxylic acids is 1. The molecule has 0 saturated heterocycles. The Kier molecular flexibility index (Phi) is 4.93. The first-order chi connectivity index (χ1) is 13.4. The van der Waals surface area contributed by atoms with E-state index in [-0.39, 0.29) is 5.91 Å². The lowest BCUT2D eigenvalue weighted by Crippen LogP contribution is -2.13. The Morgan fingerprint density at radius 3 is 2.61 bits per heavy atom. The second-order valence-electron chi connectivity index (χ2n) is 6.89. The second kappa shape index (κ2) is 7.39. The van der Waals surface area contributed by atoms with Crippen molar-refractivity contribution in [2.24, 2.45) is 0 Å². The van der Waals surface area contributed by atoms with Crippen LogP contribution in [-0.2, 0) is 0 Å². The fourth-order valence-corrected chi connectivity index (χ4v) is 3.86. The highest BCUT2D eigenvalue weighted by atomic mass is 127. The normalized spacial score (nSPS) is 11.0. The average molecular weight is 482 g/mol. The summed E-state index contributed by atoms with van der Waals surface area (Å²) in [6, 6.07) is 17.4. The molecule has 0 radical (unpaired) electrons. The molecule has 1 amide bonds. The lowest BCUT2D eigenvalue weighted by Gasteiger charge is -2.11. The molecule has 4 nitrogen and oxygen atoms in total. The largest absolute Gasteiger partial charge is 0.436 e. The van der Waals surface area contributed by atoms with Crippen molar-refractivity contribution >= 4 is 45.3 Å². The summed E-state index contributed by atoms with van der Waals surface area (Å²) in [7, 11) is 0. The molecule has 0 saturated carbocycles. The van der Waals surface area contributed by atoms with E-state index >= 15 is 0 Å². The molecule has 0 fully saturated rings. The molecule has 0 bridgehead atoms. The smallest absolute Gasteiger partial charge is 0.255 e. The van der Waals surface area contributed by atoms with Crippen molar-refractivity contribution in [2.75, 3.05) is 5.32 Å². The summed E-state index contributed by atoms with van der Waals surface area (Å²) < 4.78 is 7.08. The number of hydrogen-bond acceptors (Lipinski definition) is 3. The van der Waals surface area contributed by atoms with Gasteiger partial charge in [0, 0.05) is 20.4 Å². The fourth-order valence-electron chi connectivity index (χ4n) is 3.32. The predicted octanol–water partition coefficient (Wildman–Crippen LogP) is 6.28. The van der Waals surface area contributed by atoms with Crippen LogP contribution in [-0.4, -0.2) is 10.9 Å². The lowest BCUT2D eigenvalue weighted by molar-refractivity contribution is 0.102. The van der Waals surface area contributed by atoms with Crippen LogP contribution in [0.15, 0.2) is 59.0 Å². The van der Waals surface area contributed by atoms with Crippen molar-refractivity contribution in [3.63, 3.8) is 0 Å². The molecule has 0 atom stereocenters. The number of nitrogens with zero attached hydrogens (tertiary/aromatic N) is 1. The molecule has 5 heteroatoms. The highest BCUT2D eigenvalue weighted by molar-refractivity contribution is 14.1. The molecule has 1 N–H and O–H groups in total. The molecule has 4 aromatic rings. The minimum atomic E-state index is -0.136. The van der Waals surface area contributed by atoms with E-state index in [1.54, 1.807) is 0 Å². The van der Waals surface area contributed by atoms with Gasteiger partial charge in [-0.05, 0) is 96.5 Å². The number of aromatic nitrogens is 1. The van der Waals surface area contributed by atoms with Crippen molar-refractivity contribution in [1.82, 2.24) is 4.98 Å². The summed E-state index contributed by atoms with van der Waals surface area (Å²) in [5, 5.41) is 3.01. The molecular formula is C23H19IN2O2. The number of nitrogens with one attached hydrogen (secondary N) is 1. The van der Waals surface area contributed by atoms with E-state index < -0.39 is 0 Å². The highest BCUT2D eigenvalue weighted by Gasteiger charge is 2.16. The summed E-state index contributed by atoms with van der Waals surface area (Å²) in [4.78, 5) is 17.3. The van der Waals surface area contributed by atoms with Gasteiger partial charge in [-0.1, -0.05) is 18.2 Å². The van der Waals surface area contributed by atoms with Crippen molar-refractivity contribution in [3.05, 3.63) is 80.4 Å². The van der Waals surface area contributed by atoms with Gasteiger partial charge in [-0.25, -0.2) is 4.98 Å². The Hall–Kier alpha value is -2.67. The molecule has 0 aliphatic heterocycles. The van der Waals surface area contributed by atoms with Gasteiger partial charge in [0.05, 0.1) is 0 Å². The number of hydrogen-bond donors (Lipinski definition) is 1. The van der Waals surface area contributed by atoms with Gasteiger partial charge in [0.15, 0.2) is 5.58 Å². The van der Waals surface area contributed by atoms with Crippen LogP contribution in [0.2, 0.25) is 0 Å². The molecule has 0 spiro atoms. The Balaban J connectivity index is 1.71. The molecule has 0 unspecified atom stereocenters. The predicted molar refractivity (Wildman–Crippen MR) is 121 cm³/mol. The molecule has 0 aliphatic carbocycles. The Bertz CT molecular complexity index is 1210. The monoisotopic (exact) mass is 482 g/mol. The summed E-state index contributed by atoms with van der Waals surface area (Å²) in [6.07, 6.45) is 0. The van der Waals surface area contributed by atoms with E-state index in [9.17, 15) is 4.79 Å². The van der Waals surface area contributed by atoms with Gasteiger partial charge in [0.2, 0.25) is 5.89 Å². The number of carbonyl (C=O) groups is 1. The number of halogens is 1. The van der Waals surface area contributed by atoms with E-state index in [4.69, 9.17) is 4.42 Å². The third-order valence-electron chi connectivity index (χ3n) is 4.72. The number of aryl methyl sites for hydroxylation is 2. The molecule has 1 aromatic heterocycles. The van der Waals surface area contributed by atoms with Crippen molar-refractivity contribution in [3.8, 4) is 11.5 Å². The average Bonchev–Trinajstić information content (AvgIpc) is 3.07. The van der Waals surface area contributed by atoms with Gasteiger partial charge in [-0.2, -0.15) is 0 Å². The van der Waals surface area contributed by atoms with Gasteiger partial charge in [-0.3, -0.25) is 4.79 Å². The van der Waals surface area contributed by atoms with Crippen LogP contribution in [0.1, 0.15) is 27.0 Å². The van der Waals surface area contributed by atoms with Crippen LogP contribution in [0.4, 0.5) is 5.69 Å². The highest BCUT2D eigenvalue weighted by Crippen LogP contribution is 2.32. The van der Waals surface area contributed by atoms with E-state index in [1.165, 1.54) is 0 Å². The van der Waals surface area contributed by atoms with Gasteiger partial charge in [0.1, 0.15) is 5.52 Å². The fraction of sp³-hybridized carbons (Fsp3) is 0.130. The minimum Gasteiger partial charge on any atom is -0.436 e. The zero-order valence-corrected chi connectivity index (χ0v) is 18.0. The SMILES string of the molecule is Cc1cc(C)c2oc(-c3cccc(NC(=O)c4cccc(I)c4)c3C)nc2c1. The second-order valence-corrected chi connectivity index (χ2v) is 8.14. The maximum absolute atomic E-state index is 12.6. The lowest BCUT2D eigenvalue weighted by atomic mass is 10.1. The summed E-state index contributed by atoms with van der Waals surface area (Å²) in [5.41, 5.74) is 7.03. The van der Waals surface area contributed by atoms with E-state index in [0.717, 1.165) is 42.6 Å². The zero-order valence-electron chi connectivity index (χ0n) is 15.8. The van der Waals surface area contributed by atoms with Gasteiger partial charge < -0.3 is 9.73 Å². The molecule has 28 heavy (non-hydrogen) atoms. The van der Waals surface area contributed by atoms with Crippen LogP contribution in [0, 0.1) is 24.3 Å². The maximum Gasteiger partial charge on any atom is 0.255 e. The Morgan fingerprint density at radius 1 is 1.04 bits per heavy atom. The van der Waals surface area contributed by atoms with Gasteiger partial charge in [-0.15, -0.1) is 0 Å². The number of fused-ring (bicyclic) bond motifs is 1. The summed E-state index contributed by atoms with van der Waals surface area (Å²) in [5.74, 6) is 0.425. The number of benzene rings is 3.